The van der Waals surface area contributed by atoms with E-state index in [1.165, 1.54) is 6.07 Å². The molecule has 2 atom stereocenters. The number of aliphatic hydroxyl groups excluding tert-OH is 2. The lowest BCUT2D eigenvalue weighted by molar-refractivity contribution is 0.0168. The average molecular weight is 291 g/mol. The highest BCUT2D eigenvalue weighted by atomic mass is 79.9. The smallest absolute Gasteiger partial charge is 0.150 e. The molecule has 0 fully saturated rings. The van der Waals surface area contributed by atoms with Gasteiger partial charge in [-0.2, -0.15) is 0 Å². The first-order valence-electron chi connectivity index (χ1n) is 4.77. The van der Waals surface area contributed by atoms with Crippen LogP contribution in [0.5, 0.6) is 0 Å². The number of halogens is 2. The van der Waals surface area contributed by atoms with Gasteiger partial charge in [-0.05, 0) is 30.2 Å². The molecule has 0 aliphatic heterocycles. The van der Waals surface area contributed by atoms with Crippen LogP contribution in [0.4, 0.5) is 4.39 Å². The predicted octanol–water partition coefficient (Wildman–Crippen LogP) is 1.82. The molecule has 0 spiro atoms. The largest absolute Gasteiger partial charge is 0.390 e. The van der Waals surface area contributed by atoms with E-state index in [1.807, 2.05) is 0 Å². The molecule has 0 bridgehead atoms. The van der Waals surface area contributed by atoms with E-state index in [0.717, 1.165) is 12.1 Å². The fourth-order valence-electron chi connectivity index (χ4n) is 1.39. The predicted molar refractivity (Wildman–Crippen MR) is 61.2 cm³/mol. The summed E-state index contributed by atoms with van der Waals surface area (Å²) in [7, 11) is 0. The lowest BCUT2D eigenvalue weighted by atomic mass is 9.98. The molecule has 0 heterocycles. The number of aldehydes is 1. The van der Waals surface area contributed by atoms with E-state index in [-0.39, 0.29) is 11.1 Å². The third-order valence-corrected chi connectivity index (χ3v) is 2.72. The van der Waals surface area contributed by atoms with E-state index < -0.39 is 18.0 Å². The molecule has 0 radical (unpaired) electrons. The molecule has 2 N–H and O–H groups in total. The molecule has 0 saturated heterocycles. The van der Waals surface area contributed by atoms with Crippen molar-refractivity contribution >= 4 is 22.2 Å². The van der Waals surface area contributed by atoms with Crippen LogP contribution in [0.15, 0.2) is 18.2 Å². The molecule has 0 amide bonds. The van der Waals surface area contributed by atoms with E-state index in [0.29, 0.717) is 18.0 Å². The van der Waals surface area contributed by atoms with Crippen LogP contribution >= 0.6 is 15.9 Å². The van der Waals surface area contributed by atoms with E-state index in [2.05, 4.69) is 15.9 Å². The Morgan fingerprint density at radius 2 is 2.12 bits per heavy atom. The zero-order chi connectivity index (χ0) is 12.1. The molecule has 0 aromatic heterocycles. The quantitative estimate of drug-likeness (QED) is 0.642. The molecule has 0 aliphatic carbocycles. The molecule has 16 heavy (non-hydrogen) atoms. The van der Waals surface area contributed by atoms with Gasteiger partial charge in [-0.1, -0.05) is 15.9 Å². The van der Waals surface area contributed by atoms with E-state index >= 15 is 0 Å². The van der Waals surface area contributed by atoms with Crippen molar-refractivity contribution in [1.82, 2.24) is 0 Å². The van der Waals surface area contributed by atoms with Gasteiger partial charge in [0.1, 0.15) is 18.2 Å². The minimum absolute atomic E-state index is 0.114. The number of benzene rings is 1. The Labute approximate surface area is 101 Å². The second-order valence-corrected chi connectivity index (χ2v) is 4.17. The maximum atomic E-state index is 13.0. The molecule has 3 nitrogen and oxygen atoms in total. The zero-order valence-corrected chi connectivity index (χ0v) is 10.0. The fraction of sp³-hybridized carbons (Fsp3) is 0.364. The van der Waals surface area contributed by atoms with Crippen LogP contribution in [0.25, 0.3) is 0 Å². The van der Waals surface area contributed by atoms with Crippen LogP contribution in [-0.4, -0.2) is 27.9 Å². The summed E-state index contributed by atoms with van der Waals surface area (Å²) in [6.07, 6.45) is -1.44. The second kappa shape index (κ2) is 6.08. The Morgan fingerprint density at radius 3 is 2.69 bits per heavy atom. The molecule has 1 aromatic rings. The SMILES string of the molecule is O=Cc1ccc(F)cc1C(O)C(O)CCBr. The Bertz CT molecular complexity index is 370. The van der Waals surface area contributed by atoms with Crippen molar-refractivity contribution in [3.05, 3.63) is 35.1 Å². The zero-order valence-electron chi connectivity index (χ0n) is 8.44. The van der Waals surface area contributed by atoms with Crippen molar-refractivity contribution in [3.8, 4) is 0 Å². The van der Waals surface area contributed by atoms with Gasteiger partial charge < -0.3 is 10.2 Å². The van der Waals surface area contributed by atoms with Gasteiger partial charge in [-0.3, -0.25) is 4.79 Å². The lowest BCUT2D eigenvalue weighted by Gasteiger charge is -2.18. The molecule has 0 aliphatic rings. The van der Waals surface area contributed by atoms with Crippen LogP contribution in [0.3, 0.4) is 0 Å². The van der Waals surface area contributed by atoms with Crippen molar-refractivity contribution in [2.75, 3.05) is 5.33 Å². The maximum Gasteiger partial charge on any atom is 0.150 e. The van der Waals surface area contributed by atoms with Gasteiger partial charge in [-0.25, -0.2) is 4.39 Å². The monoisotopic (exact) mass is 290 g/mol. The molecule has 2 unspecified atom stereocenters. The average Bonchev–Trinajstić information content (AvgIpc) is 2.28. The van der Waals surface area contributed by atoms with Gasteiger partial charge in [0, 0.05) is 10.9 Å². The molecule has 0 saturated carbocycles. The van der Waals surface area contributed by atoms with Crippen molar-refractivity contribution in [2.24, 2.45) is 0 Å². The molecular formula is C11H12BrFO3. The summed E-state index contributed by atoms with van der Waals surface area (Å²) in [4.78, 5) is 10.7. The highest BCUT2D eigenvalue weighted by Gasteiger charge is 2.20. The third-order valence-electron chi connectivity index (χ3n) is 2.26. The van der Waals surface area contributed by atoms with Gasteiger partial charge in [0.2, 0.25) is 0 Å². The lowest BCUT2D eigenvalue weighted by Crippen LogP contribution is -2.20. The first kappa shape index (κ1) is 13.3. The molecule has 88 valence electrons. The summed E-state index contributed by atoms with van der Waals surface area (Å²) in [5, 5.41) is 19.8. The highest BCUT2D eigenvalue weighted by molar-refractivity contribution is 9.09. The minimum Gasteiger partial charge on any atom is -0.390 e. The Balaban J connectivity index is 3.00. The van der Waals surface area contributed by atoms with Crippen molar-refractivity contribution in [1.29, 1.82) is 0 Å². The number of alkyl halides is 1. The van der Waals surface area contributed by atoms with Crippen molar-refractivity contribution < 1.29 is 19.4 Å². The fourth-order valence-corrected chi connectivity index (χ4v) is 1.86. The highest BCUT2D eigenvalue weighted by Crippen LogP contribution is 2.23. The Kier molecular flexibility index (Phi) is 5.05. The van der Waals surface area contributed by atoms with Gasteiger partial charge in [0.15, 0.2) is 0 Å². The molecule has 1 rings (SSSR count). The summed E-state index contributed by atoms with van der Waals surface area (Å²) >= 11 is 3.13. The van der Waals surface area contributed by atoms with Crippen LogP contribution in [0.2, 0.25) is 0 Å². The van der Waals surface area contributed by atoms with Crippen molar-refractivity contribution in [3.63, 3.8) is 0 Å². The summed E-state index contributed by atoms with van der Waals surface area (Å²) < 4.78 is 13.0. The van der Waals surface area contributed by atoms with Crippen LogP contribution in [0.1, 0.15) is 28.4 Å². The number of rotatable bonds is 5. The van der Waals surface area contributed by atoms with Gasteiger partial charge >= 0.3 is 0 Å². The summed E-state index contributed by atoms with van der Waals surface area (Å²) in [5.74, 6) is -0.550. The van der Waals surface area contributed by atoms with Crippen LogP contribution in [0, 0.1) is 5.82 Å². The number of carbonyl (C=O) groups is 1. The number of aliphatic hydroxyl groups is 2. The normalized spacial score (nSPS) is 14.5. The number of hydrogen-bond acceptors (Lipinski definition) is 3. The maximum absolute atomic E-state index is 13.0. The van der Waals surface area contributed by atoms with Gasteiger partial charge in [0.05, 0.1) is 6.10 Å². The van der Waals surface area contributed by atoms with Crippen LogP contribution < -0.4 is 0 Å². The van der Waals surface area contributed by atoms with E-state index in [9.17, 15) is 19.4 Å². The Hall–Kier alpha value is -0.780. The Morgan fingerprint density at radius 1 is 1.44 bits per heavy atom. The standard InChI is InChI=1S/C11H12BrFO3/c12-4-3-10(15)11(16)9-5-8(13)2-1-7(9)6-14/h1-2,5-6,10-11,15-16H,3-4H2. The minimum atomic E-state index is -1.26. The summed E-state index contributed by atoms with van der Waals surface area (Å²) in [6, 6.07) is 3.48. The number of carbonyl (C=O) groups excluding carboxylic acids is 1. The van der Waals surface area contributed by atoms with Gasteiger partial charge in [0.25, 0.3) is 0 Å². The summed E-state index contributed by atoms with van der Waals surface area (Å²) in [5.41, 5.74) is 0.297. The third kappa shape index (κ3) is 3.10. The van der Waals surface area contributed by atoms with Crippen molar-refractivity contribution in [2.45, 2.75) is 18.6 Å². The first-order chi connectivity index (χ1) is 7.60. The first-order valence-corrected chi connectivity index (χ1v) is 5.89. The molecular weight excluding hydrogens is 279 g/mol. The number of hydrogen-bond donors (Lipinski definition) is 2. The van der Waals surface area contributed by atoms with E-state index in [1.54, 1.807) is 0 Å². The molecule has 5 heteroatoms. The topological polar surface area (TPSA) is 57.5 Å². The van der Waals surface area contributed by atoms with Crippen LogP contribution in [-0.2, 0) is 0 Å². The second-order valence-electron chi connectivity index (χ2n) is 3.38. The van der Waals surface area contributed by atoms with Gasteiger partial charge in [-0.15, -0.1) is 0 Å². The molecule has 1 aromatic carbocycles. The van der Waals surface area contributed by atoms with E-state index in [4.69, 9.17) is 0 Å². The summed E-state index contributed by atoms with van der Waals surface area (Å²) in [6.45, 7) is 0.